The molecule has 206 valence electrons. The molecule has 0 fully saturated rings. The molecule has 0 atom stereocenters. The van der Waals surface area contributed by atoms with Crippen molar-refractivity contribution < 1.29 is 0 Å². The number of halogens is 1. The first-order valence-corrected chi connectivity index (χ1v) is 15.4. The molecule has 1 aromatic carbocycles. The van der Waals surface area contributed by atoms with Crippen molar-refractivity contribution in [3.05, 3.63) is 34.9 Å². The minimum Gasteiger partial charge on any atom is -0.322 e. The quantitative estimate of drug-likeness (QED) is 0.134. The molecule has 0 spiro atoms. The molecule has 2 N–H and O–H groups in total. The van der Waals surface area contributed by atoms with Crippen molar-refractivity contribution in [2.45, 2.75) is 174 Å². The highest BCUT2D eigenvalue weighted by Crippen LogP contribution is 2.28. The highest BCUT2D eigenvalue weighted by atomic mass is 79.9. The van der Waals surface area contributed by atoms with Crippen molar-refractivity contribution in [1.82, 2.24) is 0 Å². The van der Waals surface area contributed by atoms with Gasteiger partial charge in [0, 0.05) is 5.54 Å². The average molecular weight is 553 g/mol. The Morgan fingerprint density at radius 1 is 0.543 bits per heavy atom. The third kappa shape index (κ3) is 17.7. The van der Waals surface area contributed by atoms with Crippen LogP contribution in [0.4, 0.5) is 0 Å². The number of rotatable bonds is 23. The molecular weight excluding hydrogens is 490 g/mol. The largest absolute Gasteiger partial charge is 0.322 e. The van der Waals surface area contributed by atoms with E-state index >= 15 is 0 Å². The number of aryl methyl sites for hydroxylation is 1. The predicted octanol–water partition coefficient (Wildman–Crippen LogP) is 11.4. The highest BCUT2D eigenvalue weighted by Gasteiger charge is 2.20. The van der Waals surface area contributed by atoms with Gasteiger partial charge in [0.1, 0.15) is 0 Å². The lowest BCUT2D eigenvalue weighted by atomic mass is 9.84. The molecule has 0 heterocycles. The van der Waals surface area contributed by atoms with E-state index in [2.05, 4.69) is 45.9 Å². The van der Waals surface area contributed by atoms with Crippen molar-refractivity contribution in [1.29, 1.82) is 0 Å². The maximum absolute atomic E-state index is 6.60. The van der Waals surface area contributed by atoms with Crippen LogP contribution in [0.2, 0.25) is 0 Å². The van der Waals surface area contributed by atoms with Crippen LogP contribution in [0.25, 0.3) is 0 Å². The Balaban J connectivity index is 0.0000116. The maximum atomic E-state index is 6.60. The molecule has 0 saturated carbocycles. The van der Waals surface area contributed by atoms with Gasteiger partial charge in [-0.1, -0.05) is 148 Å². The molecule has 0 saturated heterocycles. The highest BCUT2D eigenvalue weighted by molar-refractivity contribution is 8.93. The molecule has 0 unspecified atom stereocenters. The zero-order valence-corrected chi connectivity index (χ0v) is 26.0. The van der Waals surface area contributed by atoms with Gasteiger partial charge in [0.2, 0.25) is 0 Å². The fourth-order valence-corrected chi connectivity index (χ4v) is 5.36. The summed E-state index contributed by atoms with van der Waals surface area (Å²) in [6.07, 6.45) is 30.5. The predicted molar refractivity (Wildman–Crippen MR) is 165 cm³/mol. The lowest BCUT2D eigenvalue weighted by molar-refractivity contribution is 0.534. The molecule has 0 bridgehead atoms. The van der Waals surface area contributed by atoms with Gasteiger partial charge in [-0.15, -0.1) is 17.0 Å². The van der Waals surface area contributed by atoms with Crippen molar-refractivity contribution in [3.63, 3.8) is 0 Å². The second-order valence-electron chi connectivity index (χ2n) is 11.5. The standard InChI is InChI=1S/C33H61N.BrH/c1-5-7-9-11-13-15-17-19-21-23-26-30-27-25-29-32(33(3,4)34)31(30)28-24-22-20-18-16-14-12-10-8-6-2;/h25,27,29H,5-24,26,28,34H2,1-4H3;1H. The van der Waals surface area contributed by atoms with Gasteiger partial charge in [0.05, 0.1) is 0 Å². The number of nitrogens with two attached hydrogens (primary N) is 1. The topological polar surface area (TPSA) is 26.0 Å². The van der Waals surface area contributed by atoms with Crippen molar-refractivity contribution in [2.75, 3.05) is 0 Å². The van der Waals surface area contributed by atoms with Crippen LogP contribution in [-0.2, 0) is 18.4 Å². The van der Waals surface area contributed by atoms with E-state index in [1.807, 2.05) is 0 Å². The van der Waals surface area contributed by atoms with Crippen LogP contribution in [0.15, 0.2) is 18.2 Å². The maximum Gasteiger partial charge on any atom is 0.0355 e. The van der Waals surface area contributed by atoms with Crippen LogP contribution in [0.3, 0.4) is 0 Å². The van der Waals surface area contributed by atoms with E-state index in [1.54, 1.807) is 11.1 Å². The Morgan fingerprint density at radius 2 is 0.914 bits per heavy atom. The summed E-state index contributed by atoms with van der Waals surface area (Å²) < 4.78 is 0. The zero-order chi connectivity index (χ0) is 24.9. The van der Waals surface area contributed by atoms with E-state index in [0.29, 0.717) is 0 Å². The summed E-state index contributed by atoms with van der Waals surface area (Å²) in [5, 5.41) is 0. The Bertz CT molecular complexity index is 589. The average Bonchev–Trinajstić information content (AvgIpc) is 2.81. The lowest BCUT2D eigenvalue weighted by Crippen LogP contribution is -2.30. The summed E-state index contributed by atoms with van der Waals surface area (Å²) in [6, 6.07) is 6.92. The fourth-order valence-electron chi connectivity index (χ4n) is 5.36. The van der Waals surface area contributed by atoms with E-state index in [0.717, 1.165) is 0 Å². The first kappa shape index (κ1) is 34.7. The van der Waals surface area contributed by atoms with Crippen LogP contribution in [0, 0.1) is 0 Å². The van der Waals surface area contributed by atoms with Gasteiger partial charge < -0.3 is 5.73 Å². The van der Waals surface area contributed by atoms with Gasteiger partial charge in [0.15, 0.2) is 0 Å². The van der Waals surface area contributed by atoms with Gasteiger partial charge in [-0.25, -0.2) is 0 Å². The number of unbranched alkanes of at least 4 members (excludes halogenated alkanes) is 18. The molecule has 35 heavy (non-hydrogen) atoms. The molecule has 0 aliphatic carbocycles. The Hall–Kier alpha value is -0.340. The van der Waals surface area contributed by atoms with Crippen LogP contribution < -0.4 is 5.73 Å². The van der Waals surface area contributed by atoms with Gasteiger partial charge in [0.25, 0.3) is 0 Å². The number of hydrogen-bond acceptors (Lipinski definition) is 1. The Kier molecular flexibility index (Phi) is 22.6. The molecule has 0 amide bonds. The second-order valence-corrected chi connectivity index (χ2v) is 11.5. The molecule has 0 aromatic heterocycles. The SMILES string of the molecule is Br.CCCCCCCCCCCCc1cccc(C(C)(C)N)c1CCCCCCCCCCCC. The molecule has 1 nitrogen and oxygen atoms in total. The van der Waals surface area contributed by atoms with E-state index < -0.39 is 0 Å². The van der Waals surface area contributed by atoms with Gasteiger partial charge in [-0.3, -0.25) is 0 Å². The minimum atomic E-state index is -0.248. The molecule has 1 aromatic rings. The fraction of sp³-hybridized carbons (Fsp3) is 0.818. The number of benzene rings is 1. The summed E-state index contributed by atoms with van der Waals surface area (Å²) in [7, 11) is 0. The normalized spacial score (nSPS) is 11.6. The van der Waals surface area contributed by atoms with Gasteiger partial charge in [-0.2, -0.15) is 0 Å². The van der Waals surface area contributed by atoms with Gasteiger partial charge in [-0.05, 0) is 56.2 Å². The summed E-state index contributed by atoms with van der Waals surface area (Å²) in [5.41, 5.74) is 10.9. The van der Waals surface area contributed by atoms with Crippen LogP contribution in [-0.4, -0.2) is 0 Å². The summed E-state index contributed by atoms with van der Waals surface area (Å²) >= 11 is 0. The molecular formula is C33H62BrN. The lowest BCUT2D eigenvalue weighted by Gasteiger charge is -2.25. The minimum absolute atomic E-state index is 0. The first-order valence-electron chi connectivity index (χ1n) is 15.4. The van der Waals surface area contributed by atoms with Crippen LogP contribution in [0.1, 0.15) is 173 Å². The van der Waals surface area contributed by atoms with E-state index in [4.69, 9.17) is 5.73 Å². The zero-order valence-electron chi connectivity index (χ0n) is 24.3. The monoisotopic (exact) mass is 551 g/mol. The van der Waals surface area contributed by atoms with Crippen molar-refractivity contribution in [2.24, 2.45) is 5.73 Å². The first-order chi connectivity index (χ1) is 16.5. The van der Waals surface area contributed by atoms with E-state index in [1.165, 1.54) is 147 Å². The number of hydrogen-bond donors (Lipinski definition) is 1. The molecule has 0 aliphatic heterocycles. The molecule has 1 rings (SSSR count). The third-order valence-electron chi connectivity index (χ3n) is 7.55. The molecule has 2 heteroatoms. The smallest absolute Gasteiger partial charge is 0.0355 e. The molecule has 0 radical (unpaired) electrons. The Labute approximate surface area is 231 Å². The third-order valence-corrected chi connectivity index (χ3v) is 7.55. The summed E-state index contributed by atoms with van der Waals surface area (Å²) in [4.78, 5) is 0. The van der Waals surface area contributed by atoms with Crippen molar-refractivity contribution >= 4 is 17.0 Å². The van der Waals surface area contributed by atoms with Crippen molar-refractivity contribution in [3.8, 4) is 0 Å². The van der Waals surface area contributed by atoms with Gasteiger partial charge >= 0.3 is 0 Å². The van der Waals surface area contributed by atoms with E-state index in [9.17, 15) is 0 Å². The summed E-state index contributed by atoms with van der Waals surface area (Å²) in [5.74, 6) is 0. The molecule has 0 aliphatic rings. The van der Waals surface area contributed by atoms with Crippen LogP contribution >= 0.6 is 17.0 Å². The second kappa shape index (κ2) is 22.8. The van der Waals surface area contributed by atoms with E-state index in [-0.39, 0.29) is 22.5 Å². The summed E-state index contributed by atoms with van der Waals surface area (Å²) in [6.45, 7) is 8.95. The van der Waals surface area contributed by atoms with Crippen LogP contribution in [0.5, 0.6) is 0 Å². The Morgan fingerprint density at radius 3 is 1.31 bits per heavy atom.